The molecule has 1 fully saturated rings. The number of carbonyl (C=O) groups is 2. The molecule has 0 radical (unpaired) electrons. The quantitative estimate of drug-likeness (QED) is 0.752. The number of carboxylic acids is 2. The van der Waals surface area contributed by atoms with E-state index in [1.165, 1.54) is 18.5 Å². The topological polar surface area (TPSA) is 109 Å². The molecule has 1 aliphatic carbocycles. The third-order valence-corrected chi connectivity index (χ3v) is 5.43. The van der Waals surface area contributed by atoms with Gasteiger partial charge in [-0.05, 0) is 36.5 Å². The molecular weight excluding hydrogens is 417 g/mol. The molecule has 11 heteroatoms. The van der Waals surface area contributed by atoms with Gasteiger partial charge in [-0.25, -0.2) is 14.3 Å². The van der Waals surface area contributed by atoms with E-state index in [0.717, 1.165) is 43.2 Å². The Kier molecular flexibility index (Phi) is 6.63. The van der Waals surface area contributed by atoms with E-state index >= 15 is 0 Å². The highest BCUT2D eigenvalue weighted by Gasteiger charge is 2.38. The number of halogens is 3. The number of fused-ring (bicyclic) bond motifs is 1. The Hall–Kier alpha value is -2.95. The summed E-state index contributed by atoms with van der Waals surface area (Å²) in [5, 5.41) is 25.0. The smallest absolute Gasteiger partial charge is 0.478 e. The second-order valence-electron chi connectivity index (χ2n) is 7.93. The van der Waals surface area contributed by atoms with Crippen molar-refractivity contribution in [2.75, 3.05) is 6.54 Å². The van der Waals surface area contributed by atoms with Gasteiger partial charge in [0, 0.05) is 26.1 Å². The number of aromatic nitrogens is 3. The third-order valence-electron chi connectivity index (χ3n) is 5.43. The maximum Gasteiger partial charge on any atom is 0.490 e. The highest BCUT2D eigenvalue weighted by atomic mass is 19.4. The number of aliphatic carboxylic acids is 1. The molecule has 0 bridgehead atoms. The van der Waals surface area contributed by atoms with Crippen molar-refractivity contribution in [3.8, 4) is 0 Å². The molecule has 1 saturated carbocycles. The zero-order valence-electron chi connectivity index (χ0n) is 16.8. The van der Waals surface area contributed by atoms with E-state index in [-0.39, 0.29) is 0 Å². The summed E-state index contributed by atoms with van der Waals surface area (Å²) in [7, 11) is 0. The molecule has 8 nitrogen and oxygen atoms in total. The van der Waals surface area contributed by atoms with Gasteiger partial charge in [-0.15, -0.1) is 5.10 Å². The SMILES string of the molecule is CC1CC(n2nnc3c2CN(Cc2cccc(C(=O)O)c2)CC3)C1.O=C(O)C(F)(F)F. The van der Waals surface area contributed by atoms with Gasteiger partial charge in [0.1, 0.15) is 0 Å². The molecule has 168 valence electrons. The van der Waals surface area contributed by atoms with Gasteiger partial charge >= 0.3 is 18.1 Å². The summed E-state index contributed by atoms with van der Waals surface area (Å²) in [4.78, 5) is 22.4. The first-order valence-corrected chi connectivity index (χ1v) is 9.82. The first-order chi connectivity index (χ1) is 14.5. The maximum absolute atomic E-state index is 11.1. The maximum atomic E-state index is 11.1. The van der Waals surface area contributed by atoms with Gasteiger partial charge in [-0.1, -0.05) is 24.3 Å². The minimum Gasteiger partial charge on any atom is -0.478 e. The van der Waals surface area contributed by atoms with Crippen molar-refractivity contribution in [1.82, 2.24) is 19.9 Å². The van der Waals surface area contributed by atoms with Crippen LogP contribution >= 0.6 is 0 Å². The molecule has 2 N–H and O–H groups in total. The van der Waals surface area contributed by atoms with Crippen LogP contribution in [-0.4, -0.2) is 54.8 Å². The zero-order chi connectivity index (χ0) is 22.8. The van der Waals surface area contributed by atoms with Crippen LogP contribution < -0.4 is 0 Å². The van der Waals surface area contributed by atoms with Gasteiger partial charge in [-0.3, -0.25) is 4.90 Å². The van der Waals surface area contributed by atoms with Gasteiger partial charge in [-0.2, -0.15) is 13.2 Å². The van der Waals surface area contributed by atoms with Gasteiger partial charge in [0.2, 0.25) is 0 Å². The number of aromatic carboxylic acids is 1. The summed E-state index contributed by atoms with van der Waals surface area (Å²) in [5.74, 6) is -2.85. The summed E-state index contributed by atoms with van der Waals surface area (Å²) in [6.07, 6.45) is -1.79. The van der Waals surface area contributed by atoms with Crippen LogP contribution in [-0.2, 0) is 24.3 Å². The van der Waals surface area contributed by atoms with Crippen LogP contribution in [0, 0.1) is 5.92 Å². The molecule has 0 amide bonds. The minimum atomic E-state index is -5.08. The van der Waals surface area contributed by atoms with E-state index in [9.17, 15) is 18.0 Å². The number of rotatable bonds is 4. The Balaban J connectivity index is 0.000000339. The molecule has 2 aliphatic rings. The van der Waals surface area contributed by atoms with Crippen LogP contribution in [0.25, 0.3) is 0 Å². The van der Waals surface area contributed by atoms with Crippen LogP contribution in [0.15, 0.2) is 24.3 Å². The molecule has 1 aliphatic heterocycles. The Morgan fingerprint density at radius 1 is 1.23 bits per heavy atom. The van der Waals surface area contributed by atoms with Crippen molar-refractivity contribution in [3.63, 3.8) is 0 Å². The molecule has 0 atom stereocenters. The lowest BCUT2D eigenvalue weighted by Gasteiger charge is -2.35. The van der Waals surface area contributed by atoms with Crippen molar-refractivity contribution in [1.29, 1.82) is 0 Å². The van der Waals surface area contributed by atoms with Crippen molar-refractivity contribution >= 4 is 11.9 Å². The second kappa shape index (κ2) is 9.04. The van der Waals surface area contributed by atoms with E-state index in [1.807, 2.05) is 12.1 Å². The highest BCUT2D eigenvalue weighted by molar-refractivity contribution is 5.87. The summed E-state index contributed by atoms with van der Waals surface area (Å²) >= 11 is 0. The molecule has 4 rings (SSSR count). The van der Waals surface area contributed by atoms with E-state index in [0.29, 0.717) is 11.6 Å². The summed E-state index contributed by atoms with van der Waals surface area (Å²) in [6.45, 7) is 4.81. The number of benzene rings is 1. The van der Waals surface area contributed by atoms with Crippen molar-refractivity contribution < 1.29 is 33.0 Å². The second-order valence-corrected chi connectivity index (χ2v) is 7.93. The number of alkyl halides is 3. The molecule has 0 saturated heterocycles. The van der Waals surface area contributed by atoms with Crippen molar-refractivity contribution in [2.24, 2.45) is 5.92 Å². The molecule has 2 aromatic rings. The van der Waals surface area contributed by atoms with Gasteiger partial charge < -0.3 is 10.2 Å². The van der Waals surface area contributed by atoms with E-state index < -0.39 is 18.1 Å². The monoisotopic (exact) mass is 440 g/mol. The minimum absolute atomic E-state index is 0.348. The molecule has 1 aromatic carbocycles. The zero-order valence-corrected chi connectivity index (χ0v) is 16.8. The van der Waals surface area contributed by atoms with Crippen molar-refractivity contribution in [3.05, 3.63) is 46.8 Å². The Bertz CT molecular complexity index is 954. The van der Waals surface area contributed by atoms with Gasteiger partial charge in [0.15, 0.2) is 0 Å². The number of hydrogen-bond acceptors (Lipinski definition) is 5. The fourth-order valence-corrected chi connectivity index (χ4v) is 3.81. The largest absolute Gasteiger partial charge is 0.490 e. The Labute approximate surface area is 176 Å². The molecule has 1 aromatic heterocycles. The third kappa shape index (κ3) is 5.60. The fraction of sp³-hybridized carbons (Fsp3) is 0.500. The van der Waals surface area contributed by atoms with Crippen LogP contribution in [0.5, 0.6) is 0 Å². The molecule has 31 heavy (non-hydrogen) atoms. The molecular formula is C20H23F3N4O4. The lowest BCUT2D eigenvalue weighted by molar-refractivity contribution is -0.192. The van der Waals surface area contributed by atoms with E-state index in [2.05, 4.69) is 26.8 Å². The predicted molar refractivity (Wildman–Crippen MR) is 102 cm³/mol. The van der Waals surface area contributed by atoms with Crippen LogP contribution in [0.4, 0.5) is 13.2 Å². The van der Waals surface area contributed by atoms with Gasteiger partial charge in [0.05, 0.1) is 23.0 Å². The number of nitrogens with zero attached hydrogens (tertiary/aromatic N) is 4. The van der Waals surface area contributed by atoms with E-state index in [4.69, 9.17) is 15.0 Å². The Morgan fingerprint density at radius 3 is 2.48 bits per heavy atom. The first kappa shape index (κ1) is 22.7. The van der Waals surface area contributed by atoms with Crippen LogP contribution in [0.1, 0.15) is 53.1 Å². The fourth-order valence-electron chi connectivity index (χ4n) is 3.81. The van der Waals surface area contributed by atoms with Crippen LogP contribution in [0.3, 0.4) is 0 Å². The lowest BCUT2D eigenvalue weighted by atomic mass is 9.82. The molecule has 2 heterocycles. The Morgan fingerprint density at radius 2 is 1.90 bits per heavy atom. The standard InChI is InChI=1S/C18H22N4O2.C2HF3O2/c1-12-7-15(8-12)22-17-11-21(6-5-16(17)19-20-22)10-13-3-2-4-14(9-13)18(23)24;3-2(4,5)1(6)7/h2-4,9,12,15H,5-8,10-11H2,1H3,(H,23,24);(H,6,7). The summed E-state index contributed by atoms with van der Waals surface area (Å²) in [6, 6.07) is 7.71. The average Bonchev–Trinajstić information content (AvgIpc) is 3.08. The predicted octanol–water partition coefficient (Wildman–Crippen LogP) is 3.14. The lowest BCUT2D eigenvalue weighted by Crippen LogP contribution is -2.34. The van der Waals surface area contributed by atoms with E-state index in [1.54, 1.807) is 12.1 Å². The summed E-state index contributed by atoms with van der Waals surface area (Å²) in [5.41, 5.74) is 3.76. The normalized spacial score (nSPS) is 20.8. The first-order valence-electron chi connectivity index (χ1n) is 9.82. The van der Waals surface area contributed by atoms with Gasteiger partial charge in [0.25, 0.3) is 0 Å². The van der Waals surface area contributed by atoms with Crippen LogP contribution in [0.2, 0.25) is 0 Å². The molecule has 0 spiro atoms. The van der Waals surface area contributed by atoms with Crippen molar-refractivity contribution in [2.45, 2.75) is 51.5 Å². The summed E-state index contributed by atoms with van der Waals surface area (Å²) < 4.78 is 33.9. The average molecular weight is 440 g/mol. The number of carboxylic acid groups (broad SMARTS) is 2. The highest BCUT2D eigenvalue weighted by Crippen LogP contribution is 2.38. The number of hydrogen-bond donors (Lipinski definition) is 2. The molecule has 0 unspecified atom stereocenters.